The molecule has 0 unspecified atom stereocenters. The van der Waals surface area contributed by atoms with E-state index in [9.17, 15) is 4.79 Å². The molecule has 1 amide bonds. The Hall–Kier alpha value is -2.56. The molecule has 1 saturated heterocycles. The third kappa shape index (κ3) is 4.72. The molecule has 3 rings (SSSR count). The third-order valence-electron chi connectivity index (χ3n) is 4.35. The van der Waals surface area contributed by atoms with Crippen LogP contribution in [0.1, 0.15) is 42.1 Å². The zero-order valence-corrected chi connectivity index (χ0v) is 14.7. The zero-order chi connectivity index (χ0) is 17.5. The van der Waals surface area contributed by atoms with Gasteiger partial charge in [0.25, 0.3) is 5.91 Å². The van der Waals surface area contributed by atoms with Crippen LogP contribution >= 0.6 is 0 Å². The number of aromatic nitrogens is 1. The topological polar surface area (TPSA) is 54.5 Å². The van der Waals surface area contributed by atoms with Crippen molar-refractivity contribution in [3.63, 3.8) is 0 Å². The highest BCUT2D eigenvalue weighted by Crippen LogP contribution is 2.18. The van der Waals surface area contributed by atoms with Gasteiger partial charge in [-0.15, -0.1) is 0 Å². The predicted octanol–water partition coefficient (Wildman–Crippen LogP) is 3.40. The van der Waals surface area contributed by atoms with E-state index < -0.39 is 0 Å². The van der Waals surface area contributed by atoms with E-state index >= 15 is 0 Å². The van der Waals surface area contributed by atoms with E-state index in [1.165, 1.54) is 19.3 Å². The summed E-state index contributed by atoms with van der Waals surface area (Å²) in [6.07, 6.45) is 5.56. The van der Waals surface area contributed by atoms with E-state index in [0.717, 1.165) is 24.5 Å². The number of anilines is 1. The Labute approximate surface area is 149 Å². The molecule has 1 N–H and O–H groups in total. The van der Waals surface area contributed by atoms with E-state index in [0.29, 0.717) is 24.5 Å². The number of amides is 1. The lowest BCUT2D eigenvalue weighted by Crippen LogP contribution is -2.30. The Morgan fingerprint density at radius 3 is 2.84 bits per heavy atom. The predicted molar refractivity (Wildman–Crippen MR) is 99.1 cm³/mol. The SMILES string of the molecule is CCOc1cccc(C(=O)NCc2ccnc(N3CCCCC3)c2)c1. The molecular formula is C20H25N3O2. The van der Waals surface area contributed by atoms with E-state index in [4.69, 9.17) is 4.74 Å². The quantitative estimate of drug-likeness (QED) is 0.876. The number of carbonyl (C=O) groups is 1. The Bertz CT molecular complexity index is 712. The van der Waals surface area contributed by atoms with Gasteiger partial charge in [-0.1, -0.05) is 6.07 Å². The minimum Gasteiger partial charge on any atom is -0.494 e. The van der Waals surface area contributed by atoms with Gasteiger partial charge in [0, 0.05) is 31.4 Å². The monoisotopic (exact) mass is 339 g/mol. The van der Waals surface area contributed by atoms with Gasteiger partial charge in [-0.25, -0.2) is 4.98 Å². The molecule has 1 aromatic heterocycles. The lowest BCUT2D eigenvalue weighted by atomic mass is 10.1. The van der Waals surface area contributed by atoms with Crippen molar-refractivity contribution < 1.29 is 9.53 Å². The first kappa shape index (κ1) is 17.3. The summed E-state index contributed by atoms with van der Waals surface area (Å²) in [4.78, 5) is 19.2. The number of benzene rings is 1. The van der Waals surface area contributed by atoms with Crippen LogP contribution in [0, 0.1) is 0 Å². The number of nitrogens with zero attached hydrogens (tertiary/aromatic N) is 2. The van der Waals surface area contributed by atoms with Crippen LogP contribution < -0.4 is 15.0 Å². The zero-order valence-electron chi connectivity index (χ0n) is 14.7. The highest BCUT2D eigenvalue weighted by atomic mass is 16.5. The molecule has 0 spiro atoms. The molecule has 1 aliphatic rings. The number of hydrogen-bond acceptors (Lipinski definition) is 4. The lowest BCUT2D eigenvalue weighted by molar-refractivity contribution is 0.0950. The molecule has 1 aromatic carbocycles. The second kappa shape index (κ2) is 8.51. The Morgan fingerprint density at radius 1 is 1.20 bits per heavy atom. The highest BCUT2D eigenvalue weighted by molar-refractivity contribution is 5.94. The molecule has 132 valence electrons. The molecule has 2 aromatic rings. The smallest absolute Gasteiger partial charge is 0.251 e. The molecule has 0 bridgehead atoms. The lowest BCUT2D eigenvalue weighted by Gasteiger charge is -2.27. The van der Waals surface area contributed by atoms with Crippen molar-refractivity contribution >= 4 is 11.7 Å². The maximum atomic E-state index is 12.4. The summed E-state index contributed by atoms with van der Waals surface area (Å²) in [6, 6.07) is 11.3. The van der Waals surface area contributed by atoms with Crippen LogP contribution in [0.3, 0.4) is 0 Å². The van der Waals surface area contributed by atoms with E-state index in [2.05, 4.69) is 21.3 Å². The molecule has 1 fully saturated rings. The molecule has 5 heteroatoms. The molecule has 2 heterocycles. The van der Waals surface area contributed by atoms with Crippen LogP contribution in [0.15, 0.2) is 42.6 Å². The van der Waals surface area contributed by atoms with Crippen molar-refractivity contribution in [3.8, 4) is 5.75 Å². The van der Waals surface area contributed by atoms with Crippen molar-refractivity contribution in [2.24, 2.45) is 0 Å². The van der Waals surface area contributed by atoms with Gasteiger partial charge < -0.3 is 15.0 Å². The fourth-order valence-electron chi connectivity index (χ4n) is 3.04. The first-order chi connectivity index (χ1) is 12.3. The Morgan fingerprint density at radius 2 is 2.04 bits per heavy atom. The van der Waals surface area contributed by atoms with Gasteiger partial charge in [0.1, 0.15) is 11.6 Å². The number of carbonyl (C=O) groups excluding carboxylic acids is 1. The minimum atomic E-state index is -0.0992. The standard InChI is InChI=1S/C20H25N3O2/c1-2-25-18-8-6-7-17(14-18)20(24)22-15-16-9-10-21-19(13-16)23-11-4-3-5-12-23/h6-10,13-14H,2-5,11-12,15H2,1H3,(H,22,24). The van der Waals surface area contributed by atoms with Crippen LogP contribution in [-0.2, 0) is 6.54 Å². The minimum absolute atomic E-state index is 0.0992. The normalized spacial score (nSPS) is 14.2. The second-order valence-corrected chi connectivity index (χ2v) is 6.21. The summed E-state index contributed by atoms with van der Waals surface area (Å²) in [5.41, 5.74) is 1.67. The number of nitrogens with one attached hydrogen (secondary N) is 1. The average molecular weight is 339 g/mol. The van der Waals surface area contributed by atoms with Crippen molar-refractivity contribution in [2.45, 2.75) is 32.7 Å². The average Bonchev–Trinajstić information content (AvgIpc) is 2.67. The maximum Gasteiger partial charge on any atom is 0.251 e. The van der Waals surface area contributed by atoms with Crippen LogP contribution in [-0.4, -0.2) is 30.6 Å². The summed E-state index contributed by atoms with van der Waals surface area (Å²) in [5.74, 6) is 1.62. The van der Waals surface area contributed by atoms with Gasteiger partial charge in [-0.3, -0.25) is 4.79 Å². The van der Waals surface area contributed by atoms with E-state index in [1.807, 2.05) is 31.3 Å². The van der Waals surface area contributed by atoms with Crippen molar-refractivity contribution in [1.82, 2.24) is 10.3 Å². The molecule has 1 aliphatic heterocycles. The van der Waals surface area contributed by atoms with Gasteiger partial charge in [0.2, 0.25) is 0 Å². The Kier molecular flexibility index (Phi) is 5.88. The number of hydrogen-bond donors (Lipinski definition) is 1. The number of pyridine rings is 1. The van der Waals surface area contributed by atoms with Crippen LogP contribution in [0.25, 0.3) is 0 Å². The third-order valence-corrected chi connectivity index (χ3v) is 4.35. The van der Waals surface area contributed by atoms with Crippen molar-refractivity contribution in [3.05, 3.63) is 53.7 Å². The maximum absolute atomic E-state index is 12.4. The van der Waals surface area contributed by atoms with E-state index in [-0.39, 0.29) is 5.91 Å². The van der Waals surface area contributed by atoms with Crippen LogP contribution in [0.2, 0.25) is 0 Å². The van der Waals surface area contributed by atoms with Gasteiger partial charge in [0.05, 0.1) is 6.61 Å². The van der Waals surface area contributed by atoms with Gasteiger partial charge in [-0.05, 0) is 62.1 Å². The van der Waals surface area contributed by atoms with Gasteiger partial charge in [0.15, 0.2) is 0 Å². The Balaban J connectivity index is 1.61. The summed E-state index contributed by atoms with van der Waals surface area (Å²) in [7, 11) is 0. The molecule has 0 radical (unpaired) electrons. The fraction of sp³-hybridized carbons (Fsp3) is 0.400. The second-order valence-electron chi connectivity index (χ2n) is 6.21. The highest BCUT2D eigenvalue weighted by Gasteiger charge is 2.13. The number of rotatable bonds is 6. The van der Waals surface area contributed by atoms with Crippen LogP contribution in [0.4, 0.5) is 5.82 Å². The van der Waals surface area contributed by atoms with Gasteiger partial charge >= 0.3 is 0 Å². The largest absolute Gasteiger partial charge is 0.494 e. The summed E-state index contributed by atoms with van der Waals surface area (Å²) in [5, 5.41) is 2.97. The number of piperidine rings is 1. The summed E-state index contributed by atoms with van der Waals surface area (Å²) in [6.45, 7) is 5.12. The van der Waals surface area contributed by atoms with Gasteiger partial charge in [-0.2, -0.15) is 0 Å². The van der Waals surface area contributed by atoms with Crippen molar-refractivity contribution in [2.75, 3.05) is 24.6 Å². The summed E-state index contributed by atoms with van der Waals surface area (Å²) < 4.78 is 5.45. The molecule has 5 nitrogen and oxygen atoms in total. The van der Waals surface area contributed by atoms with Crippen LogP contribution in [0.5, 0.6) is 5.75 Å². The molecular weight excluding hydrogens is 314 g/mol. The first-order valence-corrected chi connectivity index (χ1v) is 8.97. The molecule has 0 atom stereocenters. The fourth-order valence-corrected chi connectivity index (χ4v) is 3.04. The molecule has 0 aliphatic carbocycles. The molecule has 25 heavy (non-hydrogen) atoms. The number of ether oxygens (including phenoxy) is 1. The van der Waals surface area contributed by atoms with Crippen molar-refractivity contribution in [1.29, 1.82) is 0 Å². The van der Waals surface area contributed by atoms with E-state index in [1.54, 1.807) is 12.1 Å². The molecule has 0 saturated carbocycles. The summed E-state index contributed by atoms with van der Waals surface area (Å²) >= 11 is 0. The first-order valence-electron chi connectivity index (χ1n) is 8.97.